The third kappa shape index (κ3) is 4.41. The predicted molar refractivity (Wildman–Crippen MR) is 111 cm³/mol. The van der Waals surface area contributed by atoms with E-state index in [1.54, 1.807) is 36.4 Å². The molecule has 2 aromatic rings. The van der Waals surface area contributed by atoms with Crippen LogP contribution < -0.4 is 10.2 Å². The van der Waals surface area contributed by atoms with Gasteiger partial charge in [-0.1, -0.05) is 12.1 Å². The monoisotopic (exact) mass is 409 g/mol. The highest BCUT2D eigenvalue weighted by Crippen LogP contribution is 2.25. The number of benzene rings is 2. The first-order valence-electron chi connectivity index (χ1n) is 10.3. The van der Waals surface area contributed by atoms with Gasteiger partial charge in [0.1, 0.15) is 5.82 Å². The molecule has 3 amide bonds. The Bertz CT molecular complexity index is 927. The molecule has 0 bridgehead atoms. The van der Waals surface area contributed by atoms with Gasteiger partial charge in [0.05, 0.1) is 11.7 Å². The highest BCUT2D eigenvalue weighted by atomic mass is 19.1. The van der Waals surface area contributed by atoms with Crippen LogP contribution in [-0.4, -0.2) is 35.2 Å². The first-order chi connectivity index (χ1) is 14.5. The maximum atomic E-state index is 13.1. The largest absolute Gasteiger partial charge is 0.325 e. The zero-order chi connectivity index (χ0) is 21.1. The molecular formula is C23H24FN3O3. The number of likely N-dealkylation sites (tertiary alicyclic amines) is 1. The number of carbonyl (C=O) groups excluding carboxylic acids is 3. The third-order valence-corrected chi connectivity index (χ3v) is 5.64. The molecule has 7 heteroatoms. The molecule has 0 radical (unpaired) electrons. The summed E-state index contributed by atoms with van der Waals surface area (Å²) in [4.78, 5) is 40.3. The van der Waals surface area contributed by atoms with Gasteiger partial charge in [-0.05, 0) is 67.8 Å². The predicted octanol–water partition coefficient (Wildman–Crippen LogP) is 3.47. The van der Waals surface area contributed by atoms with E-state index in [-0.39, 0.29) is 29.6 Å². The molecule has 156 valence electrons. The molecule has 1 atom stereocenters. The van der Waals surface area contributed by atoms with Crippen molar-refractivity contribution in [2.45, 2.75) is 44.7 Å². The SMILES string of the molecule is O=C(Nc1ccc(N2C(=O)CCCC2=O)cc1)C1CCCN1Cc1ccc(F)cc1. The topological polar surface area (TPSA) is 69.7 Å². The van der Waals surface area contributed by atoms with Crippen molar-refractivity contribution in [2.24, 2.45) is 0 Å². The summed E-state index contributed by atoms with van der Waals surface area (Å²) in [6.07, 6.45) is 3.03. The summed E-state index contributed by atoms with van der Waals surface area (Å²) in [5.74, 6) is -0.741. The Morgan fingerprint density at radius 2 is 1.63 bits per heavy atom. The second kappa shape index (κ2) is 8.75. The van der Waals surface area contributed by atoms with Crippen LogP contribution in [0.4, 0.5) is 15.8 Å². The summed E-state index contributed by atoms with van der Waals surface area (Å²) >= 11 is 0. The van der Waals surface area contributed by atoms with Crippen LogP contribution in [0, 0.1) is 5.82 Å². The van der Waals surface area contributed by atoms with Gasteiger partial charge in [0, 0.05) is 25.1 Å². The third-order valence-electron chi connectivity index (χ3n) is 5.64. The van der Waals surface area contributed by atoms with E-state index in [1.165, 1.54) is 17.0 Å². The van der Waals surface area contributed by atoms with Gasteiger partial charge < -0.3 is 5.32 Å². The molecule has 0 aromatic heterocycles. The second-order valence-corrected chi connectivity index (χ2v) is 7.77. The average molecular weight is 409 g/mol. The fourth-order valence-electron chi connectivity index (χ4n) is 4.10. The Morgan fingerprint density at radius 3 is 2.30 bits per heavy atom. The average Bonchev–Trinajstić information content (AvgIpc) is 3.19. The van der Waals surface area contributed by atoms with Gasteiger partial charge in [-0.2, -0.15) is 0 Å². The number of anilines is 2. The quantitative estimate of drug-likeness (QED) is 0.768. The standard InChI is InChI=1S/C23H24FN3O3/c24-17-8-6-16(7-9-17)15-26-14-2-3-20(26)23(30)25-18-10-12-19(13-11-18)27-21(28)4-1-5-22(27)29/h6-13,20H,1-5,14-15H2,(H,25,30). The Hall–Kier alpha value is -3.06. The van der Waals surface area contributed by atoms with Crippen LogP contribution >= 0.6 is 0 Å². The molecule has 30 heavy (non-hydrogen) atoms. The van der Waals surface area contributed by atoms with Gasteiger partial charge in [-0.15, -0.1) is 0 Å². The number of imide groups is 1. The number of nitrogens with one attached hydrogen (secondary N) is 1. The number of halogens is 1. The van der Waals surface area contributed by atoms with Crippen molar-refractivity contribution in [1.82, 2.24) is 4.90 Å². The number of rotatable bonds is 5. The lowest BCUT2D eigenvalue weighted by molar-refractivity contribution is -0.129. The van der Waals surface area contributed by atoms with E-state index in [4.69, 9.17) is 0 Å². The van der Waals surface area contributed by atoms with E-state index in [1.807, 2.05) is 0 Å². The van der Waals surface area contributed by atoms with E-state index in [2.05, 4.69) is 10.2 Å². The van der Waals surface area contributed by atoms with Crippen molar-refractivity contribution in [3.63, 3.8) is 0 Å². The Balaban J connectivity index is 1.39. The summed E-state index contributed by atoms with van der Waals surface area (Å²) in [6, 6.07) is 12.9. The van der Waals surface area contributed by atoms with Gasteiger partial charge in [0.2, 0.25) is 17.7 Å². The molecule has 1 N–H and O–H groups in total. The molecule has 0 spiro atoms. The van der Waals surface area contributed by atoms with Crippen LogP contribution in [0.2, 0.25) is 0 Å². The van der Waals surface area contributed by atoms with E-state index in [0.29, 0.717) is 37.2 Å². The summed E-state index contributed by atoms with van der Waals surface area (Å²) in [7, 11) is 0. The normalized spacial score (nSPS) is 19.9. The summed E-state index contributed by atoms with van der Waals surface area (Å²) < 4.78 is 13.1. The molecule has 1 unspecified atom stereocenters. The fraction of sp³-hybridized carbons (Fsp3) is 0.348. The minimum atomic E-state index is -0.272. The summed E-state index contributed by atoms with van der Waals surface area (Å²) in [6.45, 7) is 1.41. The molecule has 4 rings (SSSR count). The van der Waals surface area contributed by atoms with E-state index >= 15 is 0 Å². The minimum Gasteiger partial charge on any atom is -0.325 e. The summed E-state index contributed by atoms with van der Waals surface area (Å²) in [5.41, 5.74) is 2.12. The molecule has 6 nitrogen and oxygen atoms in total. The van der Waals surface area contributed by atoms with Gasteiger partial charge in [-0.25, -0.2) is 4.39 Å². The Labute approximate surface area is 174 Å². The molecule has 2 aliphatic heterocycles. The number of hydrogen-bond donors (Lipinski definition) is 1. The molecule has 2 heterocycles. The minimum absolute atomic E-state index is 0.0903. The first-order valence-corrected chi connectivity index (χ1v) is 10.3. The molecule has 2 fully saturated rings. The van der Waals surface area contributed by atoms with Crippen molar-refractivity contribution in [2.75, 3.05) is 16.8 Å². The zero-order valence-corrected chi connectivity index (χ0v) is 16.6. The van der Waals surface area contributed by atoms with Crippen LogP contribution in [0.15, 0.2) is 48.5 Å². The molecule has 2 saturated heterocycles. The fourth-order valence-corrected chi connectivity index (χ4v) is 4.10. The van der Waals surface area contributed by atoms with E-state index in [0.717, 1.165) is 24.9 Å². The highest BCUT2D eigenvalue weighted by Gasteiger charge is 2.31. The van der Waals surface area contributed by atoms with Gasteiger partial charge >= 0.3 is 0 Å². The van der Waals surface area contributed by atoms with Crippen LogP contribution in [0.3, 0.4) is 0 Å². The zero-order valence-electron chi connectivity index (χ0n) is 16.6. The lowest BCUT2D eigenvalue weighted by Crippen LogP contribution is -2.40. The molecular weight excluding hydrogens is 385 g/mol. The van der Waals surface area contributed by atoms with E-state index in [9.17, 15) is 18.8 Å². The van der Waals surface area contributed by atoms with Crippen LogP contribution in [0.25, 0.3) is 0 Å². The van der Waals surface area contributed by atoms with E-state index < -0.39 is 0 Å². The van der Waals surface area contributed by atoms with Crippen molar-refractivity contribution < 1.29 is 18.8 Å². The highest BCUT2D eigenvalue weighted by molar-refractivity contribution is 6.16. The Kier molecular flexibility index (Phi) is 5.90. The molecule has 0 saturated carbocycles. The van der Waals surface area contributed by atoms with Gasteiger partial charge in [0.25, 0.3) is 0 Å². The molecule has 2 aromatic carbocycles. The number of nitrogens with zero attached hydrogens (tertiary/aromatic N) is 2. The smallest absolute Gasteiger partial charge is 0.241 e. The van der Waals surface area contributed by atoms with Crippen molar-refractivity contribution in [3.8, 4) is 0 Å². The lowest BCUT2D eigenvalue weighted by Gasteiger charge is -2.25. The molecule has 2 aliphatic rings. The number of hydrogen-bond acceptors (Lipinski definition) is 4. The van der Waals surface area contributed by atoms with Crippen molar-refractivity contribution in [3.05, 3.63) is 59.9 Å². The van der Waals surface area contributed by atoms with Gasteiger partial charge in [-0.3, -0.25) is 24.2 Å². The van der Waals surface area contributed by atoms with Crippen LogP contribution in [-0.2, 0) is 20.9 Å². The number of piperidine rings is 1. The number of amides is 3. The maximum Gasteiger partial charge on any atom is 0.241 e. The Morgan fingerprint density at radius 1 is 0.967 bits per heavy atom. The maximum absolute atomic E-state index is 13.1. The van der Waals surface area contributed by atoms with Crippen molar-refractivity contribution >= 4 is 29.1 Å². The number of carbonyl (C=O) groups is 3. The van der Waals surface area contributed by atoms with Crippen molar-refractivity contribution in [1.29, 1.82) is 0 Å². The molecule has 0 aliphatic carbocycles. The second-order valence-electron chi connectivity index (χ2n) is 7.77. The first kappa shape index (κ1) is 20.2. The van der Waals surface area contributed by atoms with Crippen LogP contribution in [0.1, 0.15) is 37.7 Å². The lowest BCUT2D eigenvalue weighted by atomic mass is 10.1. The van der Waals surface area contributed by atoms with Gasteiger partial charge in [0.15, 0.2) is 0 Å². The van der Waals surface area contributed by atoms with Crippen LogP contribution in [0.5, 0.6) is 0 Å². The summed E-state index contributed by atoms with van der Waals surface area (Å²) in [5, 5.41) is 2.93.